The van der Waals surface area contributed by atoms with Crippen molar-refractivity contribution in [1.82, 2.24) is 4.90 Å². The Kier molecular flexibility index (Phi) is 3.75. The summed E-state index contributed by atoms with van der Waals surface area (Å²) in [6.07, 6.45) is -0.528. The van der Waals surface area contributed by atoms with Crippen LogP contribution in [0.5, 0.6) is 0 Å². The quantitative estimate of drug-likeness (QED) is 0.795. The first-order chi connectivity index (χ1) is 9.21. The van der Waals surface area contributed by atoms with Gasteiger partial charge in [-0.15, -0.1) is 0 Å². The van der Waals surface area contributed by atoms with Crippen molar-refractivity contribution >= 4 is 17.7 Å². The Morgan fingerprint density at radius 1 is 1.50 bits per heavy atom. The molecule has 0 aliphatic carbocycles. The van der Waals surface area contributed by atoms with Gasteiger partial charge in [-0.05, 0) is 26.2 Å². The third kappa shape index (κ3) is 2.78. The lowest BCUT2D eigenvalue weighted by atomic mass is 9.92. The monoisotopic (exact) mass is 282 g/mol. The number of carbonyl (C=O) groups is 2. The van der Waals surface area contributed by atoms with Crippen molar-refractivity contribution in [2.75, 3.05) is 6.54 Å². The first-order valence-corrected chi connectivity index (χ1v) is 6.98. The van der Waals surface area contributed by atoms with Crippen molar-refractivity contribution in [2.45, 2.75) is 52.7 Å². The molecular formula is C14H22N2O4. The van der Waals surface area contributed by atoms with Crippen LogP contribution in [0.4, 0.5) is 4.79 Å². The molecule has 0 bridgehead atoms. The smallest absolute Gasteiger partial charge is 0.417 e. The summed E-state index contributed by atoms with van der Waals surface area (Å²) in [7, 11) is 0. The molecule has 112 valence electrons. The van der Waals surface area contributed by atoms with Crippen LogP contribution in [-0.2, 0) is 14.4 Å². The highest BCUT2D eigenvalue weighted by atomic mass is 16.7. The molecule has 0 aromatic heterocycles. The molecule has 20 heavy (non-hydrogen) atoms. The standard InChI is InChI=1S/C14H22N2O4/c1-8(2)6-10-9(3)11(20-15-10)12(17)16-7-14(4,5)19-13(16)18/h8-9,11H,6-7H2,1-5H3/t9-,11-/m0/s1. The van der Waals surface area contributed by atoms with E-state index in [1.54, 1.807) is 13.8 Å². The van der Waals surface area contributed by atoms with Gasteiger partial charge in [0.2, 0.25) is 6.10 Å². The topological polar surface area (TPSA) is 68.2 Å². The van der Waals surface area contributed by atoms with Crippen LogP contribution in [0, 0.1) is 11.8 Å². The van der Waals surface area contributed by atoms with E-state index in [1.807, 2.05) is 6.92 Å². The van der Waals surface area contributed by atoms with Crippen molar-refractivity contribution < 1.29 is 19.2 Å². The van der Waals surface area contributed by atoms with Crippen LogP contribution in [-0.4, -0.2) is 40.9 Å². The zero-order chi connectivity index (χ0) is 15.1. The van der Waals surface area contributed by atoms with E-state index in [2.05, 4.69) is 19.0 Å². The van der Waals surface area contributed by atoms with Gasteiger partial charge in [0.05, 0.1) is 12.3 Å². The third-order valence-corrected chi connectivity index (χ3v) is 3.51. The molecule has 6 nitrogen and oxygen atoms in total. The third-order valence-electron chi connectivity index (χ3n) is 3.51. The normalized spacial score (nSPS) is 28.4. The van der Waals surface area contributed by atoms with E-state index >= 15 is 0 Å². The molecule has 2 atom stereocenters. The van der Waals surface area contributed by atoms with E-state index in [1.165, 1.54) is 0 Å². The maximum absolute atomic E-state index is 12.4. The van der Waals surface area contributed by atoms with Gasteiger partial charge >= 0.3 is 6.09 Å². The highest BCUT2D eigenvalue weighted by Crippen LogP contribution is 2.28. The molecule has 0 N–H and O–H groups in total. The van der Waals surface area contributed by atoms with Gasteiger partial charge in [0.1, 0.15) is 5.60 Å². The van der Waals surface area contributed by atoms with Crippen LogP contribution in [0.2, 0.25) is 0 Å². The number of amides is 2. The molecule has 0 spiro atoms. The molecule has 0 aromatic rings. The molecule has 2 aliphatic rings. The minimum Gasteiger partial charge on any atom is -0.441 e. The number of nitrogens with zero attached hydrogens (tertiary/aromatic N) is 2. The molecular weight excluding hydrogens is 260 g/mol. The van der Waals surface area contributed by atoms with Gasteiger partial charge in [0.25, 0.3) is 5.91 Å². The Morgan fingerprint density at radius 2 is 2.15 bits per heavy atom. The lowest BCUT2D eigenvalue weighted by Gasteiger charge is -2.19. The van der Waals surface area contributed by atoms with E-state index in [-0.39, 0.29) is 18.4 Å². The van der Waals surface area contributed by atoms with Crippen LogP contribution >= 0.6 is 0 Å². The predicted molar refractivity (Wildman–Crippen MR) is 73.2 cm³/mol. The number of hydrogen-bond donors (Lipinski definition) is 0. The minimum absolute atomic E-state index is 0.110. The van der Waals surface area contributed by atoms with E-state index in [4.69, 9.17) is 9.57 Å². The van der Waals surface area contributed by atoms with Gasteiger partial charge < -0.3 is 9.57 Å². The minimum atomic E-state index is -0.717. The largest absolute Gasteiger partial charge is 0.441 e. The number of ether oxygens (including phenoxy) is 1. The molecule has 2 amide bonds. The molecule has 0 unspecified atom stereocenters. The highest BCUT2D eigenvalue weighted by molar-refractivity contribution is 6.00. The fourth-order valence-corrected chi connectivity index (χ4v) is 2.46. The molecule has 0 aromatic carbocycles. The highest BCUT2D eigenvalue weighted by Gasteiger charge is 2.47. The molecule has 1 fully saturated rings. The van der Waals surface area contributed by atoms with Crippen LogP contribution < -0.4 is 0 Å². The summed E-state index contributed by atoms with van der Waals surface area (Å²) in [6, 6.07) is 0. The second-order valence-electron chi connectivity index (χ2n) is 6.55. The Labute approximate surface area is 119 Å². The fraction of sp³-hybridized carbons (Fsp3) is 0.786. The van der Waals surface area contributed by atoms with Crippen molar-refractivity contribution in [3.8, 4) is 0 Å². The Balaban J connectivity index is 2.04. The molecule has 6 heteroatoms. The SMILES string of the molecule is CC(C)CC1=NO[C@H](C(=O)N2CC(C)(C)OC2=O)[C@H]1C. The first kappa shape index (κ1) is 14.8. The lowest BCUT2D eigenvalue weighted by Crippen LogP contribution is -2.44. The Morgan fingerprint density at radius 3 is 2.65 bits per heavy atom. The number of oxime groups is 1. The Hall–Kier alpha value is -1.59. The van der Waals surface area contributed by atoms with E-state index in [9.17, 15) is 9.59 Å². The summed E-state index contributed by atoms with van der Waals surface area (Å²) < 4.78 is 5.14. The summed E-state index contributed by atoms with van der Waals surface area (Å²) in [5.74, 6) is -0.0265. The van der Waals surface area contributed by atoms with E-state index < -0.39 is 17.8 Å². The summed E-state index contributed by atoms with van der Waals surface area (Å²) >= 11 is 0. The van der Waals surface area contributed by atoms with Gasteiger partial charge in [0, 0.05) is 5.92 Å². The summed E-state index contributed by atoms with van der Waals surface area (Å²) in [6.45, 7) is 9.88. The van der Waals surface area contributed by atoms with Crippen molar-refractivity contribution in [1.29, 1.82) is 0 Å². The molecule has 2 aliphatic heterocycles. The zero-order valence-electron chi connectivity index (χ0n) is 12.7. The van der Waals surface area contributed by atoms with Crippen molar-refractivity contribution in [3.05, 3.63) is 0 Å². The average molecular weight is 282 g/mol. The number of carbonyl (C=O) groups excluding carboxylic acids is 2. The number of hydrogen-bond acceptors (Lipinski definition) is 5. The summed E-state index contributed by atoms with van der Waals surface area (Å²) in [5, 5.41) is 4.01. The van der Waals surface area contributed by atoms with Gasteiger partial charge in [-0.1, -0.05) is 25.9 Å². The zero-order valence-corrected chi connectivity index (χ0v) is 12.7. The maximum Gasteiger partial charge on any atom is 0.417 e. The molecule has 2 rings (SSSR count). The summed E-state index contributed by atoms with van der Waals surface area (Å²) in [5.41, 5.74) is 0.237. The number of imide groups is 1. The summed E-state index contributed by atoms with van der Waals surface area (Å²) in [4.78, 5) is 30.5. The van der Waals surface area contributed by atoms with Crippen LogP contribution in [0.15, 0.2) is 5.16 Å². The molecule has 1 saturated heterocycles. The number of rotatable bonds is 3. The lowest BCUT2D eigenvalue weighted by molar-refractivity contribution is -0.140. The van der Waals surface area contributed by atoms with Gasteiger partial charge in [-0.3, -0.25) is 4.79 Å². The molecule has 0 saturated carbocycles. The average Bonchev–Trinajstić information content (AvgIpc) is 2.79. The van der Waals surface area contributed by atoms with Crippen molar-refractivity contribution in [3.63, 3.8) is 0 Å². The van der Waals surface area contributed by atoms with E-state index in [0.717, 1.165) is 17.0 Å². The molecule has 0 radical (unpaired) electrons. The van der Waals surface area contributed by atoms with Crippen molar-refractivity contribution in [2.24, 2.45) is 17.0 Å². The van der Waals surface area contributed by atoms with Gasteiger partial charge in [-0.2, -0.15) is 0 Å². The fourth-order valence-electron chi connectivity index (χ4n) is 2.46. The molecule has 2 heterocycles. The van der Waals surface area contributed by atoms with Crippen LogP contribution in [0.25, 0.3) is 0 Å². The van der Waals surface area contributed by atoms with Crippen LogP contribution in [0.1, 0.15) is 41.0 Å². The van der Waals surface area contributed by atoms with E-state index in [0.29, 0.717) is 5.92 Å². The van der Waals surface area contributed by atoms with Crippen LogP contribution in [0.3, 0.4) is 0 Å². The van der Waals surface area contributed by atoms with Gasteiger partial charge in [0.15, 0.2) is 0 Å². The first-order valence-electron chi connectivity index (χ1n) is 6.98. The maximum atomic E-state index is 12.4. The second kappa shape index (κ2) is 5.07. The Bertz CT molecular complexity index is 456. The predicted octanol–water partition coefficient (Wildman–Crippen LogP) is 2.18. The van der Waals surface area contributed by atoms with Gasteiger partial charge in [-0.25, -0.2) is 9.69 Å². The number of cyclic esters (lactones) is 1. The second-order valence-corrected chi connectivity index (χ2v) is 6.55.